The van der Waals surface area contributed by atoms with Gasteiger partial charge in [0.25, 0.3) is 5.56 Å². The topological polar surface area (TPSA) is 93.7 Å². The van der Waals surface area contributed by atoms with Crippen LogP contribution in [-0.4, -0.2) is 22.2 Å². The molecule has 3 aromatic carbocycles. The Balaban J connectivity index is 1.61. The average molecular weight is 557 g/mol. The highest BCUT2D eigenvalue weighted by Crippen LogP contribution is 2.40. The molecule has 2 atom stereocenters. The van der Waals surface area contributed by atoms with Gasteiger partial charge in [0, 0.05) is 40.9 Å². The third kappa shape index (κ3) is 4.78. The summed E-state index contributed by atoms with van der Waals surface area (Å²) in [6, 6.07) is 14.5. The molecule has 6 rings (SSSR count). The van der Waals surface area contributed by atoms with Crippen LogP contribution in [0.3, 0.4) is 0 Å². The molecule has 208 valence electrons. The van der Waals surface area contributed by atoms with Crippen molar-refractivity contribution in [2.45, 2.75) is 32.4 Å². The number of fused-ring (bicyclic) bond motifs is 7. The largest absolute Gasteiger partial charge is 0.481 e. The normalized spacial score (nSPS) is 16.7. The predicted octanol–water partition coefficient (Wildman–Crippen LogP) is 6.66. The fourth-order valence-electron chi connectivity index (χ4n) is 5.55. The molecule has 0 aliphatic carbocycles. The van der Waals surface area contributed by atoms with Crippen molar-refractivity contribution in [3.63, 3.8) is 0 Å². The van der Waals surface area contributed by atoms with Crippen LogP contribution in [0, 0.1) is 25.5 Å². The van der Waals surface area contributed by atoms with E-state index in [-0.39, 0.29) is 23.3 Å². The number of halogens is 2. The SMILES string of the molecule is Cc1cc2cc(c1F)C(CC(=O)O)NCC(n1ccc3ccoc3c1=O)c1cc(ccc1F)Oc1cccc(C)c1-2. The fourth-order valence-corrected chi connectivity index (χ4v) is 5.55. The molecule has 4 bridgehead atoms. The lowest BCUT2D eigenvalue weighted by Gasteiger charge is -2.26. The van der Waals surface area contributed by atoms with Crippen LogP contribution >= 0.6 is 0 Å². The summed E-state index contributed by atoms with van der Waals surface area (Å²) in [5.41, 5.74) is 2.44. The van der Waals surface area contributed by atoms with Crippen LogP contribution < -0.4 is 15.6 Å². The van der Waals surface area contributed by atoms with E-state index in [1.165, 1.54) is 35.2 Å². The minimum Gasteiger partial charge on any atom is -0.481 e. The lowest BCUT2D eigenvalue weighted by atomic mass is 9.92. The van der Waals surface area contributed by atoms with E-state index in [4.69, 9.17) is 9.15 Å². The number of nitrogens with one attached hydrogen (secondary N) is 1. The van der Waals surface area contributed by atoms with Crippen molar-refractivity contribution >= 4 is 16.9 Å². The second-order valence-electron chi connectivity index (χ2n) is 10.2. The number of carboxylic acid groups (broad SMARTS) is 1. The number of hydrogen-bond donors (Lipinski definition) is 2. The van der Waals surface area contributed by atoms with Gasteiger partial charge in [0.15, 0.2) is 5.58 Å². The number of carboxylic acids is 1. The first-order valence-electron chi connectivity index (χ1n) is 13.1. The second-order valence-corrected chi connectivity index (χ2v) is 10.2. The first kappa shape index (κ1) is 26.5. The van der Waals surface area contributed by atoms with Gasteiger partial charge in [0.05, 0.1) is 18.7 Å². The maximum Gasteiger partial charge on any atom is 0.305 e. The van der Waals surface area contributed by atoms with Crippen molar-refractivity contribution in [3.05, 3.63) is 117 Å². The average Bonchev–Trinajstić information content (AvgIpc) is 3.42. The molecule has 2 aromatic heterocycles. The molecule has 0 radical (unpaired) electrons. The van der Waals surface area contributed by atoms with Crippen LogP contribution in [0.5, 0.6) is 11.5 Å². The van der Waals surface area contributed by atoms with Crippen LogP contribution in [-0.2, 0) is 4.79 Å². The van der Waals surface area contributed by atoms with E-state index in [1.54, 1.807) is 37.3 Å². The second kappa shape index (κ2) is 10.3. The first-order valence-corrected chi connectivity index (χ1v) is 13.1. The van der Waals surface area contributed by atoms with Crippen molar-refractivity contribution in [3.8, 4) is 22.6 Å². The van der Waals surface area contributed by atoms with Gasteiger partial charge in [-0.2, -0.15) is 0 Å². The Morgan fingerprint density at radius 2 is 1.88 bits per heavy atom. The lowest BCUT2D eigenvalue weighted by molar-refractivity contribution is -0.137. The van der Waals surface area contributed by atoms with E-state index in [0.29, 0.717) is 33.6 Å². The number of ether oxygens (including phenoxy) is 1. The third-order valence-corrected chi connectivity index (χ3v) is 7.55. The van der Waals surface area contributed by atoms with Gasteiger partial charge >= 0.3 is 5.97 Å². The van der Waals surface area contributed by atoms with Crippen molar-refractivity contribution in [1.82, 2.24) is 9.88 Å². The standard InChI is InChI=1S/C32H26F2N2O5/c1-17-4-3-5-27-29(17)20-12-18(2)30(34)23(13-20)25(15-28(37)38)35-16-26(22-14-21(41-27)6-7-24(22)33)36-10-8-19-9-11-40-31(19)32(36)39/h3-14,25-26,35H,15-16H2,1-2H3,(H,37,38). The molecule has 3 heterocycles. The van der Waals surface area contributed by atoms with E-state index in [9.17, 15) is 14.7 Å². The molecule has 0 saturated carbocycles. The predicted molar refractivity (Wildman–Crippen MR) is 149 cm³/mol. The van der Waals surface area contributed by atoms with Gasteiger partial charge in [-0.15, -0.1) is 0 Å². The number of furan rings is 1. The summed E-state index contributed by atoms with van der Waals surface area (Å²) in [6.07, 6.45) is 2.49. The number of nitrogens with zero attached hydrogens (tertiary/aromatic N) is 1. The zero-order chi connectivity index (χ0) is 28.8. The minimum atomic E-state index is -1.15. The Hall–Kier alpha value is -4.76. The maximum atomic E-state index is 15.7. The molecule has 2 N–H and O–H groups in total. The van der Waals surface area contributed by atoms with Gasteiger partial charge in [-0.05, 0) is 79.1 Å². The third-order valence-electron chi connectivity index (χ3n) is 7.55. The van der Waals surface area contributed by atoms with E-state index in [1.807, 2.05) is 19.1 Å². The number of aliphatic carboxylic acids is 1. The lowest BCUT2D eigenvalue weighted by Crippen LogP contribution is -2.35. The van der Waals surface area contributed by atoms with E-state index >= 15 is 8.78 Å². The number of benzene rings is 3. The molecular weight excluding hydrogens is 530 g/mol. The number of rotatable bonds is 3. The van der Waals surface area contributed by atoms with Crippen LogP contribution in [0.2, 0.25) is 0 Å². The summed E-state index contributed by atoms with van der Waals surface area (Å²) < 4.78 is 44.2. The number of pyridine rings is 1. The summed E-state index contributed by atoms with van der Waals surface area (Å²) >= 11 is 0. The van der Waals surface area contributed by atoms with Gasteiger partial charge < -0.3 is 24.1 Å². The summed E-state index contributed by atoms with van der Waals surface area (Å²) in [4.78, 5) is 25.4. The number of carbonyl (C=O) groups is 1. The van der Waals surface area contributed by atoms with Crippen molar-refractivity contribution < 1.29 is 27.8 Å². The van der Waals surface area contributed by atoms with Crippen LogP contribution in [0.25, 0.3) is 22.1 Å². The Labute approximate surface area is 233 Å². The zero-order valence-electron chi connectivity index (χ0n) is 22.3. The monoisotopic (exact) mass is 556 g/mol. The van der Waals surface area contributed by atoms with E-state index in [2.05, 4.69) is 5.32 Å². The molecular formula is C32H26F2N2O5. The molecule has 0 spiro atoms. The number of aryl methyl sites for hydroxylation is 2. The Bertz CT molecular complexity index is 1880. The smallest absolute Gasteiger partial charge is 0.305 e. The summed E-state index contributed by atoms with van der Waals surface area (Å²) in [5, 5.41) is 13.5. The molecule has 2 unspecified atom stereocenters. The molecule has 0 fully saturated rings. The summed E-state index contributed by atoms with van der Waals surface area (Å²) in [6.45, 7) is 3.42. The molecule has 1 aliphatic rings. The fraction of sp³-hybridized carbons (Fsp3) is 0.188. The van der Waals surface area contributed by atoms with Crippen LogP contribution in [0.1, 0.15) is 40.8 Å². The summed E-state index contributed by atoms with van der Waals surface area (Å²) in [7, 11) is 0. The molecule has 5 aromatic rings. The zero-order valence-corrected chi connectivity index (χ0v) is 22.3. The molecule has 1 aliphatic heterocycles. The van der Waals surface area contributed by atoms with Gasteiger partial charge in [-0.1, -0.05) is 12.1 Å². The maximum absolute atomic E-state index is 15.7. The highest BCUT2D eigenvalue weighted by molar-refractivity contribution is 5.77. The Morgan fingerprint density at radius 1 is 1.05 bits per heavy atom. The number of hydrogen-bond acceptors (Lipinski definition) is 5. The Kier molecular flexibility index (Phi) is 6.67. The van der Waals surface area contributed by atoms with E-state index < -0.39 is 41.7 Å². The molecule has 0 amide bonds. The molecule has 9 heteroatoms. The minimum absolute atomic E-state index is 0.0981. The molecule has 41 heavy (non-hydrogen) atoms. The van der Waals surface area contributed by atoms with E-state index in [0.717, 1.165) is 5.56 Å². The summed E-state index contributed by atoms with van der Waals surface area (Å²) in [5.74, 6) is -1.48. The molecule has 0 saturated heterocycles. The van der Waals surface area contributed by atoms with Crippen LogP contribution in [0.15, 0.2) is 82.3 Å². The van der Waals surface area contributed by atoms with Gasteiger partial charge in [0.2, 0.25) is 0 Å². The first-order chi connectivity index (χ1) is 19.7. The quantitative estimate of drug-likeness (QED) is 0.258. The number of aromatic nitrogens is 1. The highest BCUT2D eigenvalue weighted by Gasteiger charge is 2.27. The van der Waals surface area contributed by atoms with Crippen molar-refractivity contribution in [2.24, 2.45) is 0 Å². The van der Waals surface area contributed by atoms with Crippen LogP contribution in [0.4, 0.5) is 8.78 Å². The van der Waals surface area contributed by atoms with Gasteiger partial charge in [0.1, 0.15) is 23.1 Å². The van der Waals surface area contributed by atoms with Gasteiger partial charge in [-0.3, -0.25) is 9.59 Å². The molecule has 7 nitrogen and oxygen atoms in total. The van der Waals surface area contributed by atoms with Crippen molar-refractivity contribution in [1.29, 1.82) is 0 Å². The Morgan fingerprint density at radius 3 is 2.68 bits per heavy atom. The van der Waals surface area contributed by atoms with Crippen molar-refractivity contribution in [2.75, 3.05) is 6.54 Å². The highest BCUT2D eigenvalue weighted by atomic mass is 19.1. The van der Waals surface area contributed by atoms with Gasteiger partial charge in [-0.25, -0.2) is 8.78 Å².